The Morgan fingerprint density at radius 3 is 2.66 bits per heavy atom. The second-order valence-corrected chi connectivity index (χ2v) is 9.89. The van der Waals surface area contributed by atoms with Crippen LogP contribution in [0.15, 0.2) is 29.1 Å². The lowest BCUT2D eigenvalue weighted by molar-refractivity contribution is 0.180. The quantitative estimate of drug-likeness (QED) is 0.639. The van der Waals surface area contributed by atoms with E-state index in [1.807, 2.05) is 16.8 Å². The van der Waals surface area contributed by atoms with Crippen LogP contribution in [0.5, 0.6) is 5.75 Å². The van der Waals surface area contributed by atoms with E-state index in [0.717, 1.165) is 55.4 Å². The highest BCUT2D eigenvalue weighted by molar-refractivity contribution is 5.84. The Balaban J connectivity index is 1.51. The summed E-state index contributed by atoms with van der Waals surface area (Å²) in [6, 6.07) is 8.34. The summed E-state index contributed by atoms with van der Waals surface area (Å²) in [5.74, 6) is 0.258. The molecule has 1 atom stereocenters. The zero-order valence-corrected chi connectivity index (χ0v) is 18.6. The van der Waals surface area contributed by atoms with E-state index in [1.165, 1.54) is 48.7 Å². The number of nitrogens with one attached hydrogen (secondary N) is 1. The van der Waals surface area contributed by atoms with E-state index in [-0.39, 0.29) is 11.3 Å². The minimum absolute atomic E-state index is 0.0508. The molecule has 32 heavy (non-hydrogen) atoms. The summed E-state index contributed by atoms with van der Waals surface area (Å²) in [4.78, 5) is 18.9. The Bertz CT molecular complexity index is 1200. The highest BCUT2D eigenvalue weighted by Gasteiger charge is 2.37. The van der Waals surface area contributed by atoms with Gasteiger partial charge in [0, 0.05) is 17.0 Å². The molecule has 3 aromatic rings. The number of likely N-dealkylation sites (tertiary alicyclic amines) is 1. The molecule has 3 heterocycles. The van der Waals surface area contributed by atoms with E-state index < -0.39 is 0 Å². The van der Waals surface area contributed by atoms with Crippen molar-refractivity contribution in [3.05, 3.63) is 57.0 Å². The predicted molar refractivity (Wildman–Crippen MR) is 125 cm³/mol. The molecule has 6 rings (SSSR count). The number of phenolic OH excluding ortho intramolecular Hbond substituents is 1. The van der Waals surface area contributed by atoms with Gasteiger partial charge < -0.3 is 10.1 Å². The van der Waals surface area contributed by atoms with Crippen LogP contribution in [-0.4, -0.2) is 37.4 Å². The van der Waals surface area contributed by atoms with E-state index in [0.29, 0.717) is 18.6 Å². The molecule has 168 valence electrons. The number of aromatic hydroxyl groups is 1. The molecule has 1 saturated carbocycles. The lowest BCUT2D eigenvalue weighted by atomic mass is 9.89. The first kappa shape index (κ1) is 20.0. The van der Waals surface area contributed by atoms with Gasteiger partial charge in [0.15, 0.2) is 0 Å². The molecule has 1 aliphatic heterocycles. The lowest BCUT2D eigenvalue weighted by Crippen LogP contribution is -2.33. The third-order valence-electron chi connectivity index (χ3n) is 7.90. The molecule has 0 amide bonds. The summed E-state index contributed by atoms with van der Waals surface area (Å²) in [5.41, 5.74) is 5.28. The standard InChI is InChI=1S/C26H32N4O2/c31-19-10-5-7-17(15-19)16-30-25-23(20-11-3-4-12-21(20)26(32)27-25)24(28-30)22-13-6-14-29(22)18-8-1-2-9-18/h5,7,10,15,18,22,31H,1-4,6,8-9,11-14,16H2,(H,27,32)/t22-/m1/s1. The van der Waals surface area contributed by atoms with Gasteiger partial charge in [-0.3, -0.25) is 9.69 Å². The molecule has 0 bridgehead atoms. The molecule has 2 aliphatic carbocycles. The van der Waals surface area contributed by atoms with Crippen LogP contribution in [0.4, 0.5) is 0 Å². The fourth-order valence-electron chi connectivity index (χ4n) is 6.45. The number of pyridine rings is 1. The number of H-pyrrole nitrogens is 1. The fourth-order valence-corrected chi connectivity index (χ4v) is 6.45. The zero-order valence-electron chi connectivity index (χ0n) is 18.6. The van der Waals surface area contributed by atoms with E-state index >= 15 is 0 Å². The Labute approximate surface area is 188 Å². The van der Waals surface area contributed by atoms with Crippen molar-refractivity contribution in [2.24, 2.45) is 0 Å². The normalized spacial score (nSPS) is 22.1. The average molecular weight is 433 g/mol. The second-order valence-electron chi connectivity index (χ2n) is 9.89. The summed E-state index contributed by atoms with van der Waals surface area (Å²) in [5, 5.41) is 16.3. The van der Waals surface area contributed by atoms with E-state index in [9.17, 15) is 9.90 Å². The first-order chi connectivity index (χ1) is 15.7. The summed E-state index contributed by atoms with van der Waals surface area (Å²) in [6.07, 6.45) is 11.7. The Morgan fingerprint density at radius 2 is 1.84 bits per heavy atom. The molecule has 2 aromatic heterocycles. The van der Waals surface area contributed by atoms with Crippen LogP contribution < -0.4 is 5.56 Å². The monoisotopic (exact) mass is 432 g/mol. The van der Waals surface area contributed by atoms with E-state index in [4.69, 9.17) is 5.10 Å². The minimum atomic E-state index is 0.0508. The molecule has 6 nitrogen and oxygen atoms in total. The third kappa shape index (κ3) is 3.36. The Hall–Kier alpha value is -2.60. The number of aromatic nitrogens is 3. The highest BCUT2D eigenvalue weighted by atomic mass is 16.3. The van der Waals surface area contributed by atoms with Gasteiger partial charge in [-0.15, -0.1) is 0 Å². The molecule has 2 N–H and O–H groups in total. The predicted octanol–water partition coefficient (Wildman–Crippen LogP) is 4.44. The third-order valence-corrected chi connectivity index (χ3v) is 7.90. The van der Waals surface area contributed by atoms with Crippen molar-refractivity contribution in [3.8, 4) is 5.75 Å². The number of fused-ring (bicyclic) bond motifs is 3. The Morgan fingerprint density at radius 1 is 1.03 bits per heavy atom. The van der Waals surface area contributed by atoms with Crippen LogP contribution in [0, 0.1) is 0 Å². The van der Waals surface area contributed by atoms with Crippen molar-refractivity contribution >= 4 is 11.0 Å². The summed E-state index contributed by atoms with van der Waals surface area (Å²) >= 11 is 0. The van der Waals surface area contributed by atoms with E-state index in [1.54, 1.807) is 12.1 Å². The Kier molecular flexibility index (Phi) is 5.05. The van der Waals surface area contributed by atoms with Gasteiger partial charge in [-0.2, -0.15) is 5.10 Å². The number of aromatic amines is 1. The molecular weight excluding hydrogens is 400 g/mol. The van der Waals surface area contributed by atoms with Gasteiger partial charge in [-0.25, -0.2) is 4.68 Å². The van der Waals surface area contributed by atoms with Crippen molar-refractivity contribution in [3.63, 3.8) is 0 Å². The number of hydrogen-bond donors (Lipinski definition) is 2. The molecule has 0 unspecified atom stereocenters. The molecule has 3 aliphatic rings. The first-order valence-corrected chi connectivity index (χ1v) is 12.4. The first-order valence-electron chi connectivity index (χ1n) is 12.4. The van der Waals surface area contributed by atoms with Gasteiger partial charge >= 0.3 is 0 Å². The molecule has 1 saturated heterocycles. The SMILES string of the molecule is O=c1[nH]c2c(c([C@H]3CCCN3C3CCCC3)nn2Cc2cccc(O)c2)c2c1CCCC2. The smallest absolute Gasteiger partial charge is 0.253 e. The molecule has 6 heteroatoms. The molecular formula is C26H32N4O2. The number of benzene rings is 1. The van der Waals surface area contributed by atoms with Gasteiger partial charge in [-0.1, -0.05) is 25.0 Å². The lowest BCUT2D eigenvalue weighted by Gasteiger charge is -2.30. The maximum atomic E-state index is 13.0. The van der Waals surface area contributed by atoms with Crippen molar-refractivity contribution in [2.45, 2.75) is 82.8 Å². The maximum absolute atomic E-state index is 13.0. The van der Waals surface area contributed by atoms with Gasteiger partial charge in [0.05, 0.1) is 18.3 Å². The molecule has 1 aromatic carbocycles. The van der Waals surface area contributed by atoms with Gasteiger partial charge in [-0.05, 0) is 81.2 Å². The van der Waals surface area contributed by atoms with Crippen molar-refractivity contribution < 1.29 is 5.11 Å². The molecule has 0 spiro atoms. The van der Waals surface area contributed by atoms with E-state index in [2.05, 4.69) is 9.88 Å². The number of hydrogen-bond acceptors (Lipinski definition) is 4. The second kappa shape index (κ2) is 8.07. The summed E-state index contributed by atoms with van der Waals surface area (Å²) < 4.78 is 1.97. The topological polar surface area (TPSA) is 74.2 Å². The van der Waals surface area contributed by atoms with Crippen LogP contribution in [0.1, 0.15) is 79.8 Å². The number of aryl methyl sites for hydroxylation is 1. The van der Waals surface area contributed by atoms with Gasteiger partial charge in [0.25, 0.3) is 5.56 Å². The van der Waals surface area contributed by atoms with Crippen molar-refractivity contribution in [2.75, 3.05) is 6.54 Å². The summed E-state index contributed by atoms with van der Waals surface area (Å²) in [6.45, 7) is 1.69. The molecule has 2 fully saturated rings. The number of nitrogens with zero attached hydrogens (tertiary/aromatic N) is 3. The number of rotatable bonds is 4. The summed E-state index contributed by atoms with van der Waals surface area (Å²) in [7, 11) is 0. The van der Waals surface area contributed by atoms with Gasteiger partial charge in [0.2, 0.25) is 0 Å². The van der Waals surface area contributed by atoms with Crippen LogP contribution in [0.2, 0.25) is 0 Å². The van der Waals surface area contributed by atoms with Crippen molar-refractivity contribution in [1.82, 2.24) is 19.7 Å². The largest absolute Gasteiger partial charge is 0.508 e. The van der Waals surface area contributed by atoms with Gasteiger partial charge in [0.1, 0.15) is 11.4 Å². The van der Waals surface area contributed by atoms with Crippen molar-refractivity contribution in [1.29, 1.82) is 0 Å². The van der Waals surface area contributed by atoms with Crippen LogP contribution in [0.3, 0.4) is 0 Å². The maximum Gasteiger partial charge on any atom is 0.253 e. The highest BCUT2D eigenvalue weighted by Crippen LogP contribution is 2.41. The van der Waals surface area contributed by atoms with Crippen LogP contribution in [-0.2, 0) is 19.4 Å². The fraction of sp³-hybridized carbons (Fsp3) is 0.538. The zero-order chi connectivity index (χ0) is 21.7. The van der Waals surface area contributed by atoms with Crippen LogP contribution in [0.25, 0.3) is 11.0 Å². The average Bonchev–Trinajstić information content (AvgIpc) is 3.54. The minimum Gasteiger partial charge on any atom is -0.508 e. The number of phenols is 1. The molecule has 0 radical (unpaired) electrons. The van der Waals surface area contributed by atoms with Crippen LogP contribution >= 0.6 is 0 Å².